The normalized spacial score (nSPS) is 17.0. The van der Waals surface area contributed by atoms with E-state index in [9.17, 15) is 10.1 Å². The molecule has 0 unspecified atom stereocenters. The first-order valence-corrected chi connectivity index (χ1v) is 6.62. The molecule has 0 aromatic heterocycles. The van der Waals surface area contributed by atoms with Gasteiger partial charge in [0.05, 0.1) is 4.92 Å². The van der Waals surface area contributed by atoms with E-state index in [1.807, 2.05) is 18.2 Å². The second-order valence-electron chi connectivity index (χ2n) is 4.40. The molecule has 6 heteroatoms. The van der Waals surface area contributed by atoms with Gasteiger partial charge in [0.2, 0.25) is 0 Å². The first-order chi connectivity index (χ1) is 9.22. The summed E-state index contributed by atoms with van der Waals surface area (Å²) in [5, 5.41) is 11.0. The molecule has 5 nitrogen and oxygen atoms in total. The van der Waals surface area contributed by atoms with Crippen molar-refractivity contribution in [3.05, 3.63) is 46.0 Å². The average molecular weight is 282 g/mol. The number of anilines is 1. The molecule has 0 atom stereocenters. The molecule has 1 aromatic carbocycles. The molecule has 1 aliphatic rings. The van der Waals surface area contributed by atoms with Gasteiger partial charge in [-0.3, -0.25) is 15.0 Å². The third-order valence-electron chi connectivity index (χ3n) is 3.24. The summed E-state index contributed by atoms with van der Waals surface area (Å²) >= 11 is 5.51. The van der Waals surface area contributed by atoms with E-state index >= 15 is 0 Å². The van der Waals surface area contributed by atoms with Crippen LogP contribution in [0.5, 0.6) is 0 Å². The molecule has 0 N–H and O–H groups in total. The van der Waals surface area contributed by atoms with Crippen LogP contribution in [0, 0.1) is 10.1 Å². The van der Waals surface area contributed by atoms with Crippen LogP contribution >= 0.6 is 11.6 Å². The second kappa shape index (κ2) is 6.54. The van der Waals surface area contributed by atoms with Crippen molar-refractivity contribution in [2.75, 3.05) is 37.6 Å². The Bertz CT molecular complexity index is 471. The molecular weight excluding hydrogens is 266 g/mol. The Kier molecular flexibility index (Phi) is 4.76. The summed E-state index contributed by atoms with van der Waals surface area (Å²) in [4.78, 5) is 15.0. The lowest BCUT2D eigenvalue weighted by molar-refractivity contribution is -0.384. The van der Waals surface area contributed by atoms with Crippen LogP contribution in [0.2, 0.25) is 0 Å². The maximum atomic E-state index is 11.0. The fraction of sp³-hybridized carbons (Fsp3) is 0.385. The van der Waals surface area contributed by atoms with Crippen LogP contribution < -0.4 is 4.90 Å². The van der Waals surface area contributed by atoms with E-state index < -0.39 is 0 Å². The van der Waals surface area contributed by atoms with Gasteiger partial charge in [-0.15, -0.1) is 0 Å². The quantitative estimate of drug-likeness (QED) is 0.628. The highest BCUT2D eigenvalue weighted by molar-refractivity contribution is 6.25. The summed E-state index contributed by atoms with van der Waals surface area (Å²) in [7, 11) is 0. The molecule has 102 valence electrons. The molecule has 1 fully saturated rings. The molecule has 2 rings (SSSR count). The van der Waals surface area contributed by atoms with Gasteiger partial charge in [-0.1, -0.05) is 29.8 Å². The maximum Gasteiger partial charge on any atom is 0.292 e. The first-order valence-electron chi connectivity index (χ1n) is 6.18. The maximum absolute atomic E-state index is 11.0. The van der Waals surface area contributed by atoms with Gasteiger partial charge in [-0.2, -0.15) is 0 Å². The predicted octanol–water partition coefficient (Wildman–Crippen LogP) is 2.47. The van der Waals surface area contributed by atoms with Crippen LogP contribution in [0.3, 0.4) is 0 Å². The van der Waals surface area contributed by atoms with E-state index in [0.29, 0.717) is 5.69 Å². The van der Waals surface area contributed by atoms with Gasteiger partial charge in [0.15, 0.2) is 0 Å². The standard InChI is InChI=1S/C13H16ClN3O2/c14-6-3-7-15-8-10-16(11-9-15)12-4-1-2-5-13(12)17(18)19/h1-6H,7-11H2/b6-3+. The number of halogens is 1. The molecule has 0 radical (unpaired) electrons. The van der Waals surface area contributed by atoms with E-state index in [-0.39, 0.29) is 10.6 Å². The number of nitrogens with zero attached hydrogens (tertiary/aromatic N) is 3. The van der Waals surface area contributed by atoms with Crippen molar-refractivity contribution in [3.8, 4) is 0 Å². The van der Waals surface area contributed by atoms with Gasteiger partial charge < -0.3 is 4.90 Å². The van der Waals surface area contributed by atoms with Gasteiger partial charge in [0.25, 0.3) is 5.69 Å². The lowest BCUT2D eigenvalue weighted by Crippen LogP contribution is -2.46. The predicted molar refractivity (Wildman–Crippen MR) is 76.7 cm³/mol. The molecule has 1 aromatic rings. The zero-order valence-electron chi connectivity index (χ0n) is 10.5. The Balaban J connectivity index is 2.03. The molecular formula is C13H16ClN3O2. The largest absolute Gasteiger partial charge is 0.363 e. The molecule has 0 amide bonds. The van der Waals surface area contributed by atoms with Crippen molar-refractivity contribution in [3.63, 3.8) is 0 Å². The van der Waals surface area contributed by atoms with E-state index in [2.05, 4.69) is 9.80 Å². The summed E-state index contributed by atoms with van der Waals surface area (Å²) in [6.07, 6.45) is 1.90. The fourth-order valence-corrected chi connectivity index (χ4v) is 2.33. The van der Waals surface area contributed by atoms with Crippen LogP contribution in [0.15, 0.2) is 35.9 Å². The zero-order chi connectivity index (χ0) is 13.7. The Labute approximate surface area is 117 Å². The van der Waals surface area contributed by atoms with Crippen molar-refractivity contribution in [1.29, 1.82) is 0 Å². The van der Waals surface area contributed by atoms with E-state index in [1.165, 1.54) is 5.54 Å². The molecule has 0 bridgehead atoms. The minimum Gasteiger partial charge on any atom is -0.363 e. The van der Waals surface area contributed by atoms with Crippen molar-refractivity contribution in [2.45, 2.75) is 0 Å². The molecule has 0 spiro atoms. The lowest BCUT2D eigenvalue weighted by atomic mass is 10.2. The van der Waals surface area contributed by atoms with Crippen molar-refractivity contribution >= 4 is 23.0 Å². The average Bonchev–Trinajstić information content (AvgIpc) is 2.45. The molecule has 0 aliphatic carbocycles. The summed E-state index contributed by atoms with van der Waals surface area (Å²) in [6.45, 7) is 4.18. The molecule has 19 heavy (non-hydrogen) atoms. The number of nitro benzene ring substituents is 1. The molecule has 1 saturated heterocycles. The minimum absolute atomic E-state index is 0.177. The van der Waals surface area contributed by atoms with Gasteiger partial charge in [-0.25, -0.2) is 0 Å². The topological polar surface area (TPSA) is 49.6 Å². The monoisotopic (exact) mass is 281 g/mol. The van der Waals surface area contributed by atoms with Crippen LogP contribution in [-0.2, 0) is 0 Å². The van der Waals surface area contributed by atoms with E-state index in [0.717, 1.165) is 32.7 Å². The Morgan fingerprint density at radius 2 is 1.95 bits per heavy atom. The number of hydrogen-bond acceptors (Lipinski definition) is 4. The van der Waals surface area contributed by atoms with E-state index in [4.69, 9.17) is 11.6 Å². The number of para-hydroxylation sites is 2. The Morgan fingerprint density at radius 3 is 2.58 bits per heavy atom. The molecule has 0 saturated carbocycles. The zero-order valence-corrected chi connectivity index (χ0v) is 11.3. The van der Waals surface area contributed by atoms with Gasteiger partial charge in [0, 0.05) is 44.3 Å². The number of hydrogen-bond donors (Lipinski definition) is 0. The Morgan fingerprint density at radius 1 is 1.26 bits per heavy atom. The van der Waals surface area contributed by atoms with Crippen LogP contribution in [0.4, 0.5) is 11.4 Å². The third kappa shape index (κ3) is 3.45. The van der Waals surface area contributed by atoms with Crippen molar-refractivity contribution in [2.24, 2.45) is 0 Å². The van der Waals surface area contributed by atoms with Gasteiger partial charge >= 0.3 is 0 Å². The molecule has 1 heterocycles. The first kappa shape index (κ1) is 13.8. The van der Waals surface area contributed by atoms with Gasteiger partial charge in [0.1, 0.15) is 5.69 Å². The van der Waals surface area contributed by atoms with Crippen LogP contribution in [0.1, 0.15) is 0 Å². The number of rotatable bonds is 4. The summed E-state index contributed by atoms with van der Waals surface area (Å²) in [5.41, 5.74) is 2.41. The highest BCUT2D eigenvalue weighted by Crippen LogP contribution is 2.28. The molecule has 1 aliphatic heterocycles. The summed E-state index contributed by atoms with van der Waals surface area (Å²) in [5.74, 6) is 0. The number of benzene rings is 1. The van der Waals surface area contributed by atoms with Crippen LogP contribution in [0.25, 0.3) is 0 Å². The third-order valence-corrected chi connectivity index (χ3v) is 3.42. The highest BCUT2D eigenvalue weighted by atomic mass is 35.5. The lowest BCUT2D eigenvalue weighted by Gasteiger charge is -2.35. The fourth-order valence-electron chi connectivity index (χ4n) is 2.25. The van der Waals surface area contributed by atoms with Crippen molar-refractivity contribution in [1.82, 2.24) is 4.90 Å². The summed E-state index contributed by atoms with van der Waals surface area (Å²) in [6, 6.07) is 6.90. The smallest absolute Gasteiger partial charge is 0.292 e. The second-order valence-corrected chi connectivity index (χ2v) is 4.65. The van der Waals surface area contributed by atoms with Gasteiger partial charge in [-0.05, 0) is 6.07 Å². The number of piperazine rings is 1. The van der Waals surface area contributed by atoms with Crippen molar-refractivity contribution < 1.29 is 4.92 Å². The van der Waals surface area contributed by atoms with Crippen LogP contribution in [-0.4, -0.2) is 42.5 Å². The Hall–Kier alpha value is -1.59. The minimum atomic E-state index is -0.321. The number of nitro groups is 1. The SMILES string of the molecule is O=[N+]([O-])c1ccccc1N1CCN(C/C=C/Cl)CC1. The summed E-state index contributed by atoms with van der Waals surface area (Å²) < 4.78 is 0. The van der Waals surface area contributed by atoms with E-state index in [1.54, 1.807) is 12.1 Å². The highest BCUT2D eigenvalue weighted by Gasteiger charge is 2.22.